The normalized spacial score (nSPS) is 10.8. The quantitative estimate of drug-likeness (QED) is 0.418. The Morgan fingerprint density at radius 2 is 1.61 bits per heavy atom. The van der Waals surface area contributed by atoms with Crippen molar-refractivity contribution in [1.29, 1.82) is 0 Å². The zero-order chi connectivity index (χ0) is 23.7. The highest BCUT2D eigenvalue weighted by Crippen LogP contribution is 2.29. The van der Waals surface area contributed by atoms with Crippen LogP contribution in [-0.4, -0.2) is 32.6 Å². The minimum atomic E-state index is -3.48. The Hall–Kier alpha value is -3.85. The van der Waals surface area contributed by atoms with Crippen LogP contribution in [0, 0.1) is 0 Å². The number of sulfonamides is 1. The summed E-state index contributed by atoms with van der Waals surface area (Å²) in [5.74, 6) is -0.625. The molecule has 0 aromatic heterocycles. The number of carbonyl (C=O) groups is 2. The van der Waals surface area contributed by atoms with Gasteiger partial charge in [0.1, 0.15) is 5.75 Å². The Morgan fingerprint density at radius 1 is 0.879 bits per heavy atom. The first-order valence-electron chi connectivity index (χ1n) is 10.3. The molecule has 0 aliphatic heterocycles. The fraction of sp³-hybridized carbons (Fsp3) is 0.167. The van der Waals surface area contributed by atoms with Crippen LogP contribution in [0.5, 0.6) is 5.75 Å². The molecule has 3 N–H and O–H groups in total. The highest BCUT2D eigenvalue weighted by Gasteiger charge is 2.13. The van der Waals surface area contributed by atoms with Crippen molar-refractivity contribution in [2.75, 3.05) is 17.1 Å². The maximum atomic E-state index is 12.4. The third-order valence-electron chi connectivity index (χ3n) is 4.52. The average Bonchev–Trinajstić information content (AvgIpc) is 2.81. The first-order chi connectivity index (χ1) is 15.9. The molecule has 0 bridgehead atoms. The van der Waals surface area contributed by atoms with Crippen LogP contribution in [0.3, 0.4) is 0 Å². The SMILES string of the molecule is CCCS(=O)(=O)Nc1cccc(C(=O)NNC(=O)COc2ccccc2-c2ccccc2)c1. The van der Waals surface area contributed by atoms with Gasteiger partial charge in [-0.05, 0) is 36.2 Å². The van der Waals surface area contributed by atoms with E-state index in [9.17, 15) is 18.0 Å². The Kier molecular flexibility index (Phi) is 8.04. The van der Waals surface area contributed by atoms with Crippen LogP contribution in [0.25, 0.3) is 11.1 Å². The number of anilines is 1. The summed E-state index contributed by atoms with van der Waals surface area (Å²) >= 11 is 0. The van der Waals surface area contributed by atoms with E-state index < -0.39 is 21.8 Å². The largest absolute Gasteiger partial charge is 0.483 e. The van der Waals surface area contributed by atoms with E-state index in [0.29, 0.717) is 12.2 Å². The highest BCUT2D eigenvalue weighted by atomic mass is 32.2. The number of carbonyl (C=O) groups excluding carboxylic acids is 2. The summed E-state index contributed by atoms with van der Waals surface area (Å²) in [6, 6.07) is 23.0. The van der Waals surface area contributed by atoms with E-state index in [4.69, 9.17) is 4.74 Å². The molecule has 33 heavy (non-hydrogen) atoms. The molecule has 2 amide bonds. The molecule has 172 valence electrons. The maximum absolute atomic E-state index is 12.4. The third-order valence-corrected chi connectivity index (χ3v) is 6.01. The van der Waals surface area contributed by atoms with E-state index in [-0.39, 0.29) is 23.6 Å². The van der Waals surface area contributed by atoms with Crippen molar-refractivity contribution in [3.63, 3.8) is 0 Å². The Labute approximate surface area is 193 Å². The van der Waals surface area contributed by atoms with Gasteiger partial charge in [-0.25, -0.2) is 8.42 Å². The molecule has 0 spiro atoms. The number of rotatable bonds is 9. The Morgan fingerprint density at radius 3 is 2.36 bits per heavy atom. The van der Waals surface area contributed by atoms with E-state index in [0.717, 1.165) is 11.1 Å². The van der Waals surface area contributed by atoms with Crippen molar-refractivity contribution in [2.45, 2.75) is 13.3 Å². The predicted molar refractivity (Wildman–Crippen MR) is 127 cm³/mol. The molecule has 0 aliphatic rings. The lowest BCUT2D eigenvalue weighted by Crippen LogP contribution is -2.43. The Bertz CT molecular complexity index is 1210. The van der Waals surface area contributed by atoms with Gasteiger partial charge in [-0.3, -0.25) is 25.2 Å². The maximum Gasteiger partial charge on any atom is 0.276 e. The number of nitrogens with one attached hydrogen (secondary N) is 3. The van der Waals surface area contributed by atoms with Gasteiger partial charge in [0, 0.05) is 16.8 Å². The first kappa shape index (κ1) is 23.8. The van der Waals surface area contributed by atoms with Crippen molar-refractivity contribution < 1.29 is 22.7 Å². The Balaban J connectivity index is 1.55. The van der Waals surface area contributed by atoms with E-state index in [2.05, 4.69) is 15.6 Å². The topological polar surface area (TPSA) is 114 Å². The van der Waals surface area contributed by atoms with E-state index in [1.54, 1.807) is 25.1 Å². The predicted octanol–water partition coefficient (Wildman–Crippen LogP) is 3.35. The second-order valence-corrected chi connectivity index (χ2v) is 9.00. The molecule has 0 fully saturated rings. The molecule has 0 saturated heterocycles. The summed E-state index contributed by atoms with van der Waals surface area (Å²) in [5, 5.41) is 0. The molecule has 3 aromatic rings. The van der Waals surface area contributed by atoms with Crippen LogP contribution in [0.4, 0.5) is 5.69 Å². The third kappa shape index (κ3) is 7.08. The van der Waals surface area contributed by atoms with Gasteiger partial charge in [-0.2, -0.15) is 0 Å². The van der Waals surface area contributed by atoms with Crippen molar-refractivity contribution in [3.05, 3.63) is 84.4 Å². The molecule has 3 aromatic carbocycles. The van der Waals surface area contributed by atoms with E-state index >= 15 is 0 Å². The smallest absolute Gasteiger partial charge is 0.276 e. The second kappa shape index (κ2) is 11.1. The zero-order valence-electron chi connectivity index (χ0n) is 18.1. The van der Waals surface area contributed by atoms with Crippen LogP contribution in [0.2, 0.25) is 0 Å². The van der Waals surface area contributed by atoms with Crippen LogP contribution in [-0.2, 0) is 14.8 Å². The van der Waals surface area contributed by atoms with E-state index in [1.807, 2.05) is 48.5 Å². The second-order valence-electron chi connectivity index (χ2n) is 7.15. The lowest BCUT2D eigenvalue weighted by atomic mass is 10.1. The van der Waals surface area contributed by atoms with E-state index in [1.165, 1.54) is 12.1 Å². The van der Waals surface area contributed by atoms with Crippen molar-refractivity contribution in [2.24, 2.45) is 0 Å². The van der Waals surface area contributed by atoms with Crippen molar-refractivity contribution >= 4 is 27.5 Å². The van der Waals surface area contributed by atoms with Crippen LogP contribution in [0.1, 0.15) is 23.7 Å². The van der Waals surface area contributed by atoms with Gasteiger partial charge in [0.05, 0.1) is 5.75 Å². The first-order valence-corrected chi connectivity index (χ1v) is 12.0. The fourth-order valence-electron chi connectivity index (χ4n) is 3.05. The summed E-state index contributed by atoms with van der Waals surface area (Å²) in [6.07, 6.45) is 0.472. The number of hydrogen-bond acceptors (Lipinski definition) is 5. The van der Waals surface area contributed by atoms with Crippen molar-refractivity contribution in [3.8, 4) is 16.9 Å². The van der Waals surface area contributed by atoms with Gasteiger partial charge in [0.25, 0.3) is 11.8 Å². The molecule has 9 heteroatoms. The number of hydrazine groups is 1. The number of ether oxygens (including phenoxy) is 1. The zero-order valence-corrected chi connectivity index (χ0v) is 18.9. The monoisotopic (exact) mass is 467 g/mol. The number of para-hydroxylation sites is 1. The number of amides is 2. The summed E-state index contributed by atoms with van der Waals surface area (Å²) in [4.78, 5) is 24.5. The number of benzene rings is 3. The molecule has 0 atom stereocenters. The van der Waals surface area contributed by atoms with Gasteiger partial charge in [0.2, 0.25) is 10.0 Å². The minimum absolute atomic E-state index is 0.0209. The molecule has 0 radical (unpaired) electrons. The molecule has 0 unspecified atom stereocenters. The van der Waals surface area contributed by atoms with Crippen LogP contribution in [0.15, 0.2) is 78.9 Å². The van der Waals surface area contributed by atoms with Gasteiger partial charge in [0.15, 0.2) is 6.61 Å². The molecular formula is C24H25N3O5S. The summed E-state index contributed by atoms with van der Waals surface area (Å²) in [5.41, 5.74) is 6.85. The minimum Gasteiger partial charge on any atom is -0.483 e. The van der Waals surface area contributed by atoms with Gasteiger partial charge in [-0.15, -0.1) is 0 Å². The molecular weight excluding hydrogens is 442 g/mol. The summed E-state index contributed by atoms with van der Waals surface area (Å²) in [7, 11) is -3.48. The van der Waals surface area contributed by atoms with Gasteiger partial charge in [-0.1, -0.05) is 61.5 Å². The molecule has 0 saturated carbocycles. The van der Waals surface area contributed by atoms with Gasteiger partial charge >= 0.3 is 0 Å². The summed E-state index contributed by atoms with van der Waals surface area (Å²) < 4.78 is 31.9. The van der Waals surface area contributed by atoms with Gasteiger partial charge < -0.3 is 4.74 Å². The summed E-state index contributed by atoms with van der Waals surface area (Å²) in [6.45, 7) is 1.46. The molecule has 8 nitrogen and oxygen atoms in total. The fourth-order valence-corrected chi connectivity index (χ4v) is 4.18. The molecule has 0 aliphatic carbocycles. The standard InChI is InChI=1S/C24H25N3O5S/c1-2-15-33(30,31)27-20-12-8-11-19(16-20)24(29)26-25-23(28)17-32-22-14-7-6-13-21(22)18-9-4-3-5-10-18/h3-14,16,27H,2,15,17H2,1H3,(H,25,28)(H,26,29). The average molecular weight is 468 g/mol. The van der Waals surface area contributed by atoms with Crippen LogP contribution >= 0.6 is 0 Å². The van der Waals surface area contributed by atoms with Crippen molar-refractivity contribution in [1.82, 2.24) is 10.9 Å². The molecule has 0 heterocycles. The number of hydrogen-bond donors (Lipinski definition) is 3. The lowest BCUT2D eigenvalue weighted by Gasteiger charge is -2.12. The lowest BCUT2D eigenvalue weighted by molar-refractivity contribution is -0.123. The van der Waals surface area contributed by atoms with Crippen LogP contribution < -0.4 is 20.3 Å². The highest BCUT2D eigenvalue weighted by molar-refractivity contribution is 7.92. The molecule has 3 rings (SSSR count).